The fourth-order valence-electron chi connectivity index (χ4n) is 2.43. The SMILES string of the molecule is COc1ccc2ncn(CC(=O)c3ccc(Cl)c(S(N)(=O)=O)c3)c2c1. The number of nitrogens with zero attached hydrogens (tertiary/aromatic N) is 2. The summed E-state index contributed by atoms with van der Waals surface area (Å²) in [7, 11) is -2.46. The lowest BCUT2D eigenvalue weighted by atomic mass is 10.1. The lowest BCUT2D eigenvalue weighted by Gasteiger charge is -2.07. The van der Waals surface area contributed by atoms with Crippen molar-refractivity contribution in [1.82, 2.24) is 9.55 Å². The molecule has 0 aliphatic rings. The average Bonchev–Trinajstić information content (AvgIpc) is 2.96. The zero-order valence-corrected chi connectivity index (χ0v) is 14.7. The van der Waals surface area contributed by atoms with Crippen LogP contribution in [0, 0.1) is 0 Å². The Morgan fingerprint density at radius 1 is 1.28 bits per heavy atom. The molecule has 3 rings (SSSR count). The van der Waals surface area contributed by atoms with Gasteiger partial charge in [0.1, 0.15) is 10.6 Å². The van der Waals surface area contributed by atoms with E-state index in [9.17, 15) is 13.2 Å². The number of Topliss-reactive ketones (excluding diaryl/α,β-unsaturated/α-hetero) is 1. The van der Waals surface area contributed by atoms with Crippen molar-refractivity contribution in [1.29, 1.82) is 0 Å². The molecule has 9 heteroatoms. The van der Waals surface area contributed by atoms with Crippen LogP contribution in [0.3, 0.4) is 0 Å². The average molecular weight is 380 g/mol. The van der Waals surface area contributed by atoms with Crippen LogP contribution in [0.5, 0.6) is 5.75 Å². The lowest BCUT2D eigenvalue weighted by molar-refractivity contribution is 0.0973. The molecule has 0 radical (unpaired) electrons. The molecule has 0 fully saturated rings. The summed E-state index contributed by atoms with van der Waals surface area (Å²) >= 11 is 5.84. The van der Waals surface area contributed by atoms with Gasteiger partial charge in [-0.3, -0.25) is 4.79 Å². The van der Waals surface area contributed by atoms with E-state index in [1.807, 2.05) is 0 Å². The van der Waals surface area contributed by atoms with Gasteiger partial charge in [0.05, 0.1) is 36.0 Å². The summed E-state index contributed by atoms with van der Waals surface area (Å²) in [4.78, 5) is 16.5. The maximum Gasteiger partial charge on any atom is 0.239 e. The molecule has 1 heterocycles. The van der Waals surface area contributed by atoms with E-state index in [0.29, 0.717) is 5.75 Å². The maximum atomic E-state index is 12.5. The zero-order valence-electron chi connectivity index (χ0n) is 13.1. The Hall–Kier alpha value is -2.42. The van der Waals surface area contributed by atoms with E-state index >= 15 is 0 Å². The monoisotopic (exact) mass is 379 g/mol. The largest absolute Gasteiger partial charge is 0.497 e. The van der Waals surface area contributed by atoms with E-state index in [0.717, 1.165) is 11.0 Å². The number of carbonyl (C=O) groups is 1. The number of hydrogen-bond acceptors (Lipinski definition) is 5. The molecule has 130 valence electrons. The molecular weight excluding hydrogens is 366 g/mol. The van der Waals surface area contributed by atoms with Gasteiger partial charge in [0.15, 0.2) is 5.78 Å². The molecule has 0 aliphatic carbocycles. The summed E-state index contributed by atoms with van der Waals surface area (Å²) in [6.45, 7) is -0.0185. The Balaban J connectivity index is 1.96. The Morgan fingerprint density at radius 2 is 2.04 bits per heavy atom. The molecule has 0 aliphatic heterocycles. The van der Waals surface area contributed by atoms with Gasteiger partial charge in [-0.2, -0.15) is 0 Å². The molecule has 1 aromatic heterocycles. The first-order valence-electron chi connectivity index (χ1n) is 7.14. The lowest BCUT2D eigenvalue weighted by Crippen LogP contribution is -2.15. The Morgan fingerprint density at radius 3 is 2.72 bits per heavy atom. The standard InChI is InChI=1S/C16H14ClN3O4S/c1-24-11-3-5-13-14(7-11)20(9-19-13)8-15(21)10-2-4-12(17)16(6-10)25(18,22)23/h2-7,9H,8H2,1H3,(H2,18,22,23). The number of hydrogen-bond donors (Lipinski definition) is 1. The predicted octanol–water partition coefficient (Wildman–Crippen LogP) is 2.23. The number of benzene rings is 2. The summed E-state index contributed by atoms with van der Waals surface area (Å²) in [5.74, 6) is 0.341. The number of halogens is 1. The third kappa shape index (κ3) is 3.51. The highest BCUT2D eigenvalue weighted by Crippen LogP contribution is 2.23. The van der Waals surface area contributed by atoms with Gasteiger partial charge in [-0.1, -0.05) is 11.6 Å². The molecule has 3 aromatic rings. The highest BCUT2D eigenvalue weighted by molar-refractivity contribution is 7.89. The summed E-state index contributed by atoms with van der Waals surface area (Å²) < 4.78 is 29.9. The smallest absolute Gasteiger partial charge is 0.239 e. The summed E-state index contributed by atoms with van der Waals surface area (Å²) in [6.07, 6.45) is 1.54. The topological polar surface area (TPSA) is 104 Å². The molecule has 2 N–H and O–H groups in total. The van der Waals surface area contributed by atoms with Gasteiger partial charge in [-0.25, -0.2) is 18.5 Å². The van der Waals surface area contributed by atoms with Crippen LogP contribution in [0.25, 0.3) is 11.0 Å². The number of methoxy groups -OCH3 is 1. The molecule has 0 amide bonds. The minimum atomic E-state index is -4.02. The van der Waals surface area contributed by atoms with Crippen LogP contribution in [0.2, 0.25) is 5.02 Å². The number of aromatic nitrogens is 2. The van der Waals surface area contributed by atoms with E-state index < -0.39 is 10.0 Å². The third-order valence-electron chi connectivity index (χ3n) is 3.70. The summed E-state index contributed by atoms with van der Waals surface area (Å²) in [6, 6.07) is 9.31. The van der Waals surface area contributed by atoms with Gasteiger partial charge in [0.25, 0.3) is 0 Å². The summed E-state index contributed by atoms with van der Waals surface area (Å²) in [5, 5.41) is 5.09. The minimum Gasteiger partial charge on any atom is -0.497 e. The minimum absolute atomic E-state index is 0.0185. The van der Waals surface area contributed by atoms with Gasteiger partial charge >= 0.3 is 0 Å². The van der Waals surface area contributed by atoms with Gasteiger partial charge in [0.2, 0.25) is 10.0 Å². The first-order valence-corrected chi connectivity index (χ1v) is 9.06. The van der Waals surface area contributed by atoms with Gasteiger partial charge in [-0.15, -0.1) is 0 Å². The van der Waals surface area contributed by atoms with Gasteiger partial charge < -0.3 is 9.30 Å². The number of primary sulfonamides is 1. The van der Waals surface area contributed by atoms with Crippen molar-refractivity contribution in [2.45, 2.75) is 11.4 Å². The molecule has 0 unspecified atom stereocenters. The first-order chi connectivity index (χ1) is 11.8. The normalized spacial score (nSPS) is 11.6. The van der Waals surface area contributed by atoms with Crippen LogP contribution in [0.4, 0.5) is 0 Å². The maximum absolute atomic E-state index is 12.5. The van der Waals surface area contributed by atoms with Crippen LogP contribution in [-0.4, -0.2) is 30.9 Å². The molecular formula is C16H14ClN3O4S. The van der Waals surface area contributed by atoms with Crippen LogP contribution in [-0.2, 0) is 16.6 Å². The molecule has 0 atom stereocenters. The second-order valence-electron chi connectivity index (χ2n) is 5.34. The fraction of sp³-hybridized carbons (Fsp3) is 0.125. The van der Waals surface area contributed by atoms with Crippen molar-refractivity contribution in [3.05, 3.63) is 53.3 Å². The van der Waals surface area contributed by atoms with E-state index in [-0.39, 0.29) is 27.8 Å². The van der Waals surface area contributed by atoms with E-state index in [2.05, 4.69) is 4.98 Å². The van der Waals surface area contributed by atoms with Gasteiger partial charge in [-0.05, 0) is 30.3 Å². The number of ether oxygens (including phenoxy) is 1. The Kier molecular flexibility index (Phi) is 4.51. The van der Waals surface area contributed by atoms with Crippen molar-refractivity contribution in [2.24, 2.45) is 5.14 Å². The van der Waals surface area contributed by atoms with Crippen LogP contribution < -0.4 is 9.88 Å². The summed E-state index contributed by atoms with van der Waals surface area (Å²) in [5.41, 5.74) is 1.64. The Bertz CT molecular complexity index is 1080. The number of sulfonamides is 1. The highest BCUT2D eigenvalue weighted by Gasteiger charge is 2.17. The quantitative estimate of drug-likeness (QED) is 0.684. The van der Waals surface area contributed by atoms with Crippen LogP contribution in [0.15, 0.2) is 47.6 Å². The van der Waals surface area contributed by atoms with E-state index in [1.54, 1.807) is 36.2 Å². The number of rotatable bonds is 5. The molecule has 0 spiro atoms. The van der Waals surface area contributed by atoms with Crippen molar-refractivity contribution >= 4 is 38.4 Å². The van der Waals surface area contributed by atoms with Gasteiger partial charge in [0, 0.05) is 11.6 Å². The molecule has 0 saturated heterocycles. The second-order valence-corrected chi connectivity index (χ2v) is 7.28. The molecule has 7 nitrogen and oxygen atoms in total. The van der Waals surface area contributed by atoms with E-state index in [1.165, 1.54) is 18.2 Å². The van der Waals surface area contributed by atoms with Crippen molar-refractivity contribution in [2.75, 3.05) is 7.11 Å². The van der Waals surface area contributed by atoms with Crippen LogP contribution in [0.1, 0.15) is 10.4 Å². The van der Waals surface area contributed by atoms with Crippen molar-refractivity contribution < 1.29 is 17.9 Å². The van der Waals surface area contributed by atoms with Crippen LogP contribution >= 0.6 is 11.6 Å². The number of nitrogens with two attached hydrogens (primary N) is 1. The highest BCUT2D eigenvalue weighted by atomic mass is 35.5. The van der Waals surface area contributed by atoms with Crippen molar-refractivity contribution in [3.63, 3.8) is 0 Å². The number of fused-ring (bicyclic) bond motifs is 1. The fourth-order valence-corrected chi connectivity index (χ4v) is 3.50. The zero-order chi connectivity index (χ0) is 18.2. The molecule has 0 saturated carbocycles. The number of carbonyl (C=O) groups excluding carboxylic acids is 1. The second kappa shape index (κ2) is 6.47. The molecule has 0 bridgehead atoms. The number of ketones is 1. The molecule has 2 aromatic carbocycles. The van der Waals surface area contributed by atoms with E-state index in [4.69, 9.17) is 21.5 Å². The first kappa shape index (κ1) is 17.4. The number of imidazole rings is 1. The van der Waals surface area contributed by atoms with Crippen molar-refractivity contribution in [3.8, 4) is 5.75 Å². The third-order valence-corrected chi connectivity index (χ3v) is 5.09. The predicted molar refractivity (Wildman–Crippen MR) is 93.4 cm³/mol. The Labute approximate surface area is 149 Å². The molecule has 25 heavy (non-hydrogen) atoms.